The number of benzene rings is 1. The highest BCUT2D eigenvalue weighted by molar-refractivity contribution is 9.10. The van der Waals surface area contributed by atoms with Crippen molar-refractivity contribution in [3.05, 3.63) is 40.6 Å². The molecule has 1 aromatic carbocycles. The molecule has 0 aliphatic rings. The van der Waals surface area contributed by atoms with Gasteiger partial charge in [-0.1, -0.05) is 6.07 Å². The van der Waals surface area contributed by atoms with Crippen molar-refractivity contribution in [3.8, 4) is 5.75 Å². The Hall–Kier alpha value is -1.49. The number of nitrogen functional groups attached to an aromatic ring is 1. The van der Waals surface area contributed by atoms with Crippen LogP contribution in [0.15, 0.2) is 34.9 Å². The van der Waals surface area contributed by atoms with Crippen molar-refractivity contribution >= 4 is 21.6 Å². The number of ether oxygens (including phenoxy) is 1. The fraction of sp³-hybridized carbons (Fsp3) is 0.182. The Balaban J connectivity index is 2.07. The van der Waals surface area contributed by atoms with Crippen molar-refractivity contribution in [2.24, 2.45) is 7.05 Å². The van der Waals surface area contributed by atoms with Crippen LogP contribution in [0.2, 0.25) is 0 Å². The largest absolute Gasteiger partial charge is 0.486 e. The zero-order valence-corrected chi connectivity index (χ0v) is 10.4. The van der Waals surface area contributed by atoms with E-state index in [1.165, 1.54) is 0 Å². The topological polar surface area (TPSA) is 53.1 Å². The van der Waals surface area contributed by atoms with E-state index in [0.717, 1.165) is 15.9 Å². The predicted molar refractivity (Wildman–Crippen MR) is 66.1 cm³/mol. The van der Waals surface area contributed by atoms with Gasteiger partial charge in [0.25, 0.3) is 0 Å². The van der Waals surface area contributed by atoms with Crippen molar-refractivity contribution in [2.45, 2.75) is 6.61 Å². The fourth-order valence-corrected chi connectivity index (χ4v) is 1.71. The number of halogens is 1. The maximum atomic E-state index is 5.75. The van der Waals surface area contributed by atoms with Crippen LogP contribution < -0.4 is 10.5 Å². The van der Waals surface area contributed by atoms with Crippen LogP contribution >= 0.6 is 15.9 Å². The smallest absolute Gasteiger partial charge is 0.136 e. The Labute approximate surface area is 102 Å². The quantitative estimate of drug-likeness (QED) is 0.879. The van der Waals surface area contributed by atoms with Crippen LogP contribution in [0, 0.1) is 0 Å². The van der Waals surface area contributed by atoms with Gasteiger partial charge in [-0.05, 0) is 34.1 Å². The van der Waals surface area contributed by atoms with Gasteiger partial charge >= 0.3 is 0 Å². The minimum atomic E-state index is 0.433. The molecule has 1 aromatic heterocycles. The molecular weight excluding hydrogens is 270 g/mol. The zero-order chi connectivity index (χ0) is 11.5. The first-order valence-corrected chi connectivity index (χ1v) is 5.61. The van der Waals surface area contributed by atoms with E-state index in [0.29, 0.717) is 12.3 Å². The van der Waals surface area contributed by atoms with Crippen LogP contribution in [0.25, 0.3) is 0 Å². The minimum Gasteiger partial charge on any atom is -0.486 e. The Kier molecular flexibility index (Phi) is 3.14. The molecule has 0 saturated heterocycles. The highest BCUT2D eigenvalue weighted by atomic mass is 79.9. The number of nitrogens with zero attached hydrogens (tertiary/aromatic N) is 2. The molecule has 0 unspecified atom stereocenters. The minimum absolute atomic E-state index is 0.433. The monoisotopic (exact) mass is 281 g/mol. The summed E-state index contributed by atoms with van der Waals surface area (Å²) in [5.41, 5.74) is 7.30. The van der Waals surface area contributed by atoms with Crippen LogP contribution in [0.5, 0.6) is 5.75 Å². The second kappa shape index (κ2) is 4.57. The van der Waals surface area contributed by atoms with Gasteiger partial charge in [0.05, 0.1) is 10.2 Å². The first-order valence-electron chi connectivity index (χ1n) is 4.82. The number of anilines is 1. The average Bonchev–Trinajstić information content (AvgIpc) is 2.67. The summed E-state index contributed by atoms with van der Waals surface area (Å²) < 4.78 is 8.14. The van der Waals surface area contributed by atoms with Crippen molar-refractivity contribution in [3.63, 3.8) is 0 Å². The van der Waals surface area contributed by atoms with Gasteiger partial charge in [-0.2, -0.15) is 5.10 Å². The lowest BCUT2D eigenvalue weighted by Crippen LogP contribution is -1.99. The summed E-state index contributed by atoms with van der Waals surface area (Å²) in [6, 6.07) is 7.45. The van der Waals surface area contributed by atoms with Crippen LogP contribution in [-0.4, -0.2) is 9.78 Å². The van der Waals surface area contributed by atoms with E-state index in [9.17, 15) is 0 Å². The number of hydrogen-bond acceptors (Lipinski definition) is 3. The summed E-state index contributed by atoms with van der Waals surface area (Å²) in [5, 5.41) is 4.22. The number of hydrogen-bond donors (Lipinski definition) is 1. The lowest BCUT2D eigenvalue weighted by molar-refractivity contribution is 0.298. The van der Waals surface area contributed by atoms with E-state index in [-0.39, 0.29) is 0 Å². The molecule has 5 heteroatoms. The third-order valence-electron chi connectivity index (χ3n) is 2.14. The molecule has 0 aliphatic heterocycles. The third kappa shape index (κ3) is 2.36. The van der Waals surface area contributed by atoms with Gasteiger partial charge in [-0.25, -0.2) is 0 Å². The van der Waals surface area contributed by atoms with E-state index in [1.807, 2.05) is 37.5 Å². The highest BCUT2D eigenvalue weighted by Gasteiger charge is 2.05. The molecule has 0 bridgehead atoms. The fourth-order valence-electron chi connectivity index (χ4n) is 1.33. The van der Waals surface area contributed by atoms with Gasteiger partial charge in [0.2, 0.25) is 0 Å². The van der Waals surface area contributed by atoms with Gasteiger partial charge in [0.15, 0.2) is 0 Å². The lowest BCUT2D eigenvalue weighted by Gasteiger charge is -2.07. The molecular formula is C11H12BrN3O. The molecule has 4 nitrogen and oxygen atoms in total. The molecule has 1 heterocycles. The average molecular weight is 282 g/mol. The third-order valence-corrected chi connectivity index (χ3v) is 2.99. The van der Waals surface area contributed by atoms with Crippen LogP contribution in [0.1, 0.15) is 5.69 Å². The van der Waals surface area contributed by atoms with Gasteiger partial charge < -0.3 is 10.5 Å². The molecule has 0 radical (unpaired) electrons. The molecule has 0 atom stereocenters. The number of aryl methyl sites for hydroxylation is 1. The summed E-state index contributed by atoms with van der Waals surface area (Å²) in [4.78, 5) is 0. The number of aromatic nitrogens is 2. The van der Waals surface area contributed by atoms with Gasteiger partial charge in [0, 0.05) is 18.9 Å². The first-order chi connectivity index (χ1) is 7.66. The maximum absolute atomic E-state index is 5.75. The summed E-state index contributed by atoms with van der Waals surface area (Å²) >= 11 is 3.38. The summed E-state index contributed by atoms with van der Waals surface area (Å²) in [6.45, 7) is 0.433. The molecule has 2 N–H and O–H groups in total. The molecule has 0 amide bonds. The van der Waals surface area contributed by atoms with Crippen LogP contribution in [0.3, 0.4) is 0 Å². The van der Waals surface area contributed by atoms with E-state index in [2.05, 4.69) is 21.0 Å². The molecule has 16 heavy (non-hydrogen) atoms. The molecule has 0 spiro atoms. The second-order valence-electron chi connectivity index (χ2n) is 3.43. The molecule has 0 saturated carbocycles. The van der Waals surface area contributed by atoms with Crippen molar-refractivity contribution in [1.82, 2.24) is 9.78 Å². The van der Waals surface area contributed by atoms with Gasteiger partial charge in [-0.15, -0.1) is 0 Å². The Bertz CT molecular complexity index is 496. The number of nitrogens with two attached hydrogens (primary N) is 1. The molecule has 0 fully saturated rings. The van der Waals surface area contributed by atoms with Crippen molar-refractivity contribution in [2.75, 3.05) is 5.73 Å². The lowest BCUT2D eigenvalue weighted by atomic mass is 10.3. The van der Waals surface area contributed by atoms with Crippen LogP contribution in [-0.2, 0) is 13.7 Å². The normalized spacial score (nSPS) is 10.4. The standard InChI is InChI=1S/C11H12BrN3O/c1-15-6-5-8(14-15)7-16-10-4-2-3-9(13)11(10)12/h2-6H,7,13H2,1H3. The second-order valence-corrected chi connectivity index (χ2v) is 4.22. The summed E-state index contributed by atoms with van der Waals surface area (Å²) in [6.07, 6.45) is 1.88. The molecule has 84 valence electrons. The Morgan fingerprint density at radius 3 is 2.94 bits per heavy atom. The van der Waals surface area contributed by atoms with Gasteiger partial charge in [-0.3, -0.25) is 4.68 Å². The van der Waals surface area contributed by atoms with Crippen molar-refractivity contribution < 1.29 is 4.74 Å². The zero-order valence-electron chi connectivity index (χ0n) is 8.85. The molecule has 0 aliphatic carbocycles. The van der Waals surface area contributed by atoms with E-state index >= 15 is 0 Å². The summed E-state index contributed by atoms with van der Waals surface area (Å²) in [7, 11) is 1.87. The molecule has 2 aromatic rings. The summed E-state index contributed by atoms with van der Waals surface area (Å²) in [5.74, 6) is 0.727. The van der Waals surface area contributed by atoms with Gasteiger partial charge in [0.1, 0.15) is 12.4 Å². The SMILES string of the molecule is Cn1ccc(COc2cccc(N)c2Br)n1. The number of rotatable bonds is 3. The predicted octanol–water partition coefficient (Wildman–Crippen LogP) is 2.34. The first kappa shape index (κ1) is 11.0. The van der Waals surface area contributed by atoms with E-state index < -0.39 is 0 Å². The Morgan fingerprint density at radius 2 is 2.25 bits per heavy atom. The van der Waals surface area contributed by atoms with E-state index in [1.54, 1.807) is 4.68 Å². The highest BCUT2D eigenvalue weighted by Crippen LogP contribution is 2.30. The van der Waals surface area contributed by atoms with Crippen LogP contribution in [0.4, 0.5) is 5.69 Å². The van der Waals surface area contributed by atoms with E-state index in [4.69, 9.17) is 10.5 Å². The maximum Gasteiger partial charge on any atom is 0.136 e. The Morgan fingerprint density at radius 1 is 1.44 bits per heavy atom. The van der Waals surface area contributed by atoms with Crippen molar-refractivity contribution in [1.29, 1.82) is 0 Å². The molecule has 2 rings (SSSR count).